The van der Waals surface area contributed by atoms with E-state index < -0.39 is 0 Å². The lowest BCUT2D eigenvalue weighted by molar-refractivity contribution is -0.125. The van der Waals surface area contributed by atoms with E-state index in [-0.39, 0.29) is 17.4 Å². The Kier molecular flexibility index (Phi) is 4.14. The Morgan fingerprint density at radius 1 is 1.47 bits per heavy atom. The molecule has 1 fully saturated rings. The number of nitrogens with zero attached hydrogens (tertiary/aromatic N) is 1. The smallest absolute Gasteiger partial charge is 0.246 e. The zero-order valence-electron chi connectivity index (χ0n) is 12.4. The SMILES string of the molecule is CC1=C(C=CC(=O)N2CC[C@@H](N)C2)C(C)(C)CCC1. The lowest BCUT2D eigenvalue weighted by atomic mass is 9.72. The summed E-state index contributed by atoms with van der Waals surface area (Å²) >= 11 is 0. The fraction of sp³-hybridized carbons (Fsp3) is 0.688. The summed E-state index contributed by atoms with van der Waals surface area (Å²) in [6, 6.07) is 0.157. The molecule has 0 spiro atoms. The van der Waals surface area contributed by atoms with Crippen molar-refractivity contribution in [2.24, 2.45) is 11.1 Å². The molecule has 2 N–H and O–H groups in total. The van der Waals surface area contributed by atoms with E-state index in [0.29, 0.717) is 6.54 Å². The van der Waals surface area contributed by atoms with Gasteiger partial charge in [-0.15, -0.1) is 0 Å². The number of allylic oxidation sites excluding steroid dienone is 3. The largest absolute Gasteiger partial charge is 0.338 e. The summed E-state index contributed by atoms with van der Waals surface area (Å²) in [7, 11) is 0. The second kappa shape index (κ2) is 5.49. The van der Waals surface area contributed by atoms with Gasteiger partial charge in [0.1, 0.15) is 0 Å². The maximum Gasteiger partial charge on any atom is 0.246 e. The lowest BCUT2D eigenvalue weighted by Gasteiger charge is -2.33. The summed E-state index contributed by atoms with van der Waals surface area (Å²) in [5.41, 5.74) is 8.81. The molecule has 2 rings (SSSR count). The number of carbonyl (C=O) groups is 1. The van der Waals surface area contributed by atoms with E-state index in [4.69, 9.17) is 5.73 Å². The maximum absolute atomic E-state index is 12.1. The summed E-state index contributed by atoms with van der Waals surface area (Å²) < 4.78 is 0. The molecule has 0 aromatic heterocycles. The average Bonchev–Trinajstić information content (AvgIpc) is 2.74. The summed E-state index contributed by atoms with van der Waals surface area (Å²) in [5.74, 6) is 0.106. The van der Waals surface area contributed by atoms with Gasteiger partial charge >= 0.3 is 0 Å². The van der Waals surface area contributed by atoms with E-state index in [1.807, 2.05) is 11.0 Å². The number of hydrogen-bond donors (Lipinski definition) is 1. The van der Waals surface area contributed by atoms with E-state index in [1.165, 1.54) is 24.0 Å². The highest BCUT2D eigenvalue weighted by molar-refractivity contribution is 5.88. The Balaban J connectivity index is 2.07. The molecule has 1 aliphatic heterocycles. The number of rotatable bonds is 2. The van der Waals surface area contributed by atoms with Gasteiger partial charge in [0, 0.05) is 25.2 Å². The molecular formula is C16H26N2O. The number of nitrogens with two attached hydrogens (primary N) is 1. The van der Waals surface area contributed by atoms with Crippen LogP contribution < -0.4 is 5.73 Å². The van der Waals surface area contributed by atoms with Gasteiger partial charge in [0.15, 0.2) is 0 Å². The third kappa shape index (κ3) is 3.27. The molecule has 1 heterocycles. The molecule has 0 bridgehead atoms. The van der Waals surface area contributed by atoms with Gasteiger partial charge < -0.3 is 10.6 Å². The van der Waals surface area contributed by atoms with Crippen molar-refractivity contribution in [3.05, 3.63) is 23.3 Å². The Hall–Kier alpha value is -1.09. The van der Waals surface area contributed by atoms with Crippen LogP contribution in [0.5, 0.6) is 0 Å². The van der Waals surface area contributed by atoms with Crippen molar-refractivity contribution in [1.82, 2.24) is 4.90 Å². The minimum absolute atomic E-state index is 0.106. The third-order valence-electron chi connectivity index (χ3n) is 4.47. The second-order valence-electron chi connectivity index (χ2n) is 6.60. The highest BCUT2D eigenvalue weighted by Crippen LogP contribution is 2.40. The lowest BCUT2D eigenvalue weighted by Crippen LogP contribution is -2.30. The molecule has 0 saturated carbocycles. The quantitative estimate of drug-likeness (QED) is 0.778. The van der Waals surface area contributed by atoms with Gasteiger partial charge in [-0.25, -0.2) is 0 Å². The normalized spacial score (nSPS) is 27.4. The topological polar surface area (TPSA) is 46.3 Å². The monoisotopic (exact) mass is 262 g/mol. The molecule has 1 saturated heterocycles. The highest BCUT2D eigenvalue weighted by atomic mass is 16.2. The van der Waals surface area contributed by atoms with Crippen LogP contribution in [0.3, 0.4) is 0 Å². The Labute approximate surface area is 116 Å². The van der Waals surface area contributed by atoms with Crippen molar-refractivity contribution in [1.29, 1.82) is 0 Å². The molecule has 106 valence electrons. The summed E-state index contributed by atoms with van der Waals surface area (Å²) in [6.45, 7) is 8.23. The minimum Gasteiger partial charge on any atom is -0.338 e. The van der Waals surface area contributed by atoms with Crippen molar-refractivity contribution in [2.75, 3.05) is 13.1 Å². The van der Waals surface area contributed by atoms with Crippen molar-refractivity contribution in [2.45, 2.75) is 52.5 Å². The van der Waals surface area contributed by atoms with Crippen LogP contribution in [0.25, 0.3) is 0 Å². The van der Waals surface area contributed by atoms with Crippen LogP contribution in [0.2, 0.25) is 0 Å². The van der Waals surface area contributed by atoms with Gasteiger partial charge in [-0.1, -0.05) is 25.5 Å². The molecule has 0 unspecified atom stereocenters. The van der Waals surface area contributed by atoms with Crippen molar-refractivity contribution in [3.63, 3.8) is 0 Å². The van der Waals surface area contributed by atoms with Gasteiger partial charge in [-0.3, -0.25) is 4.79 Å². The number of likely N-dealkylation sites (tertiary alicyclic amines) is 1. The molecular weight excluding hydrogens is 236 g/mol. The van der Waals surface area contributed by atoms with Crippen LogP contribution in [0.15, 0.2) is 23.3 Å². The van der Waals surface area contributed by atoms with Crippen molar-refractivity contribution >= 4 is 5.91 Å². The van der Waals surface area contributed by atoms with Gasteiger partial charge in [-0.2, -0.15) is 0 Å². The first-order chi connectivity index (χ1) is 8.90. The van der Waals surface area contributed by atoms with Crippen LogP contribution in [0.4, 0.5) is 0 Å². The zero-order chi connectivity index (χ0) is 14.0. The number of amides is 1. The number of carbonyl (C=O) groups excluding carboxylic acids is 1. The van der Waals surface area contributed by atoms with E-state index in [9.17, 15) is 4.79 Å². The summed E-state index contributed by atoms with van der Waals surface area (Å²) in [5, 5.41) is 0. The molecule has 1 aliphatic carbocycles. The summed E-state index contributed by atoms with van der Waals surface area (Å²) in [4.78, 5) is 14.0. The molecule has 3 nitrogen and oxygen atoms in total. The third-order valence-corrected chi connectivity index (χ3v) is 4.47. The van der Waals surface area contributed by atoms with Gasteiger partial charge in [0.05, 0.1) is 0 Å². The van der Waals surface area contributed by atoms with Crippen LogP contribution in [-0.4, -0.2) is 29.9 Å². The first-order valence-corrected chi connectivity index (χ1v) is 7.33. The minimum atomic E-state index is 0.106. The molecule has 19 heavy (non-hydrogen) atoms. The van der Waals surface area contributed by atoms with E-state index in [0.717, 1.165) is 19.4 Å². The average molecular weight is 262 g/mol. The molecule has 0 aromatic carbocycles. The molecule has 0 aromatic rings. The molecule has 3 heteroatoms. The predicted octanol–water partition coefficient (Wildman–Crippen LogP) is 2.63. The van der Waals surface area contributed by atoms with Gasteiger partial charge in [0.25, 0.3) is 0 Å². The standard InChI is InChI=1S/C16H26N2O/c1-12-5-4-9-16(2,3)14(12)6-7-15(19)18-10-8-13(17)11-18/h6-7,13H,4-5,8-11,17H2,1-3H3/t13-/m1/s1. The predicted molar refractivity (Wildman–Crippen MR) is 78.6 cm³/mol. The van der Waals surface area contributed by atoms with Crippen LogP contribution >= 0.6 is 0 Å². The number of hydrogen-bond acceptors (Lipinski definition) is 2. The zero-order valence-corrected chi connectivity index (χ0v) is 12.4. The fourth-order valence-electron chi connectivity index (χ4n) is 3.26. The van der Waals surface area contributed by atoms with Crippen molar-refractivity contribution < 1.29 is 4.79 Å². The fourth-order valence-corrected chi connectivity index (χ4v) is 3.26. The van der Waals surface area contributed by atoms with Crippen LogP contribution in [-0.2, 0) is 4.79 Å². The molecule has 1 atom stereocenters. The second-order valence-corrected chi connectivity index (χ2v) is 6.60. The van der Waals surface area contributed by atoms with Gasteiger partial charge in [0.2, 0.25) is 5.91 Å². The van der Waals surface area contributed by atoms with E-state index in [1.54, 1.807) is 6.08 Å². The Bertz CT molecular complexity index is 420. The Morgan fingerprint density at radius 2 is 2.21 bits per heavy atom. The van der Waals surface area contributed by atoms with E-state index >= 15 is 0 Å². The first-order valence-electron chi connectivity index (χ1n) is 7.33. The molecule has 1 amide bonds. The first kappa shape index (κ1) is 14.3. The van der Waals surface area contributed by atoms with Gasteiger partial charge in [-0.05, 0) is 43.6 Å². The van der Waals surface area contributed by atoms with Crippen LogP contribution in [0, 0.1) is 5.41 Å². The van der Waals surface area contributed by atoms with Crippen molar-refractivity contribution in [3.8, 4) is 0 Å². The van der Waals surface area contributed by atoms with E-state index in [2.05, 4.69) is 20.8 Å². The summed E-state index contributed by atoms with van der Waals surface area (Å²) in [6.07, 6.45) is 8.32. The highest BCUT2D eigenvalue weighted by Gasteiger charge is 2.27. The Morgan fingerprint density at radius 3 is 2.79 bits per heavy atom. The molecule has 2 aliphatic rings. The maximum atomic E-state index is 12.1. The van der Waals surface area contributed by atoms with Crippen LogP contribution in [0.1, 0.15) is 46.5 Å². The molecule has 0 radical (unpaired) electrons.